The monoisotopic (exact) mass is 500 g/mol. The first-order valence-electron chi connectivity index (χ1n) is 10.3. The summed E-state index contributed by atoms with van der Waals surface area (Å²) in [5.74, 6) is 0.752. The van der Waals surface area contributed by atoms with Crippen LogP contribution in [0.4, 0.5) is 0 Å². The Hall–Kier alpha value is -1.37. The molecule has 5 rings (SSSR count). The molecule has 0 spiro atoms. The highest BCUT2D eigenvalue weighted by atomic mass is 32.3. The number of benzene rings is 1. The Morgan fingerprint density at radius 2 is 1.97 bits per heavy atom. The number of methoxy groups -OCH3 is 2. The lowest BCUT2D eigenvalue weighted by Gasteiger charge is -2.37. The van der Waals surface area contributed by atoms with Gasteiger partial charge in [0.2, 0.25) is 10.0 Å². The summed E-state index contributed by atoms with van der Waals surface area (Å²) in [5, 5.41) is 5.46. The maximum Gasteiger partial charge on any atom is 0.244 e. The Balaban J connectivity index is 1.76. The second-order valence-electron chi connectivity index (χ2n) is 8.51. The van der Waals surface area contributed by atoms with E-state index in [1.807, 2.05) is 24.3 Å². The molecule has 4 aliphatic heterocycles. The van der Waals surface area contributed by atoms with Gasteiger partial charge in [-0.2, -0.15) is 0 Å². The third-order valence-corrected chi connectivity index (χ3v) is 12.2. The van der Waals surface area contributed by atoms with E-state index >= 15 is 0 Å². The molecule has 4 aliphatic rings. The summed E-state index contributed by atoms with van der Waals surface area (Å²) in [5.41, 5.74) is 1.81. The van der Waals surface area contributed by atoms with Gasteiger partial charge in [-0.05, 0) is 55.0 Å². The van der Waals surface area contributed by atoms with E-state index in [2.05, 4.69) is 4.90 Å². The van der Waals surface area contributed by atoms with Crippen molar-refractivity contribution >= 4 is 31.6 Å². The van der Waals surface area contributed by atoms with E-state index in [9.17, 15) is 16.8 Å². The lowest BCUT2D eigenvalue weighted by atomic mass is 9.90. The van der Waals surface area contributed by atoms with Gasteiger partial charge in [-0.3, -0.25) is 4.90 Å². The SMILES string of the molecule is COCCCC12CC3=C(SC(S(N)(=O)=O)=CC(C1)N(Cc1ccc(OC)cc1)C3)S2(=O)=O. The zero-order valence-electron chi connectivity index (χ0n) is 18.1. The van der Waals surface area contributed by atoms with Crippen LogP contribution in [0.2, 0.25) is 0 Å². The van der Waals surface area contributed by atoms with Gasteiger partial charge in [-0.15, -0.1) is 0 Å². The second kappa shape index (κ2) is 8.77. The maximum absolute atomic E-state index is 13.6. The minimum Gasteiger partial charge on any atom is -0.497 e. The molecule has 0 radical (unpaired) electrons. The number of ether oxygens (including phenoxy) is 2. The molecule has 0 saturated carbocycles. The zero-order chi connectivity index (χ0) is 23.1. The number of nitrogens with two attached hydrogens (primary N) is 1. The fourth-order valence-corrected chi connectivity index (χ4v) is 10.1. The van der Waals surface area contributed by atoms with Gasteiger partial charge >= 0.3 is 0 Å². The van der Waals surface area contributed by atoms with E-state index in [1.165, 1.54) is 0 Å². The zero-order valence-corrected chi connectivity index (χ0v) is 20.6. The van der Waals surface area contributed by atoms with Crippen LogP contribution < -0.4 is 9.88 Å². The number of hydrogen-bond donors (Lipinski definition) is 1. The van der Waals surface area contributed by atoms with Gasteiger partial charge in [0.1, 0.15) is 14.2 Å². The van der Waals surface area contributed by atoms with Crippen LogP contribution in [0.1, 0.15) is 31.2 Å². The van der Waals surface area contributed by atoms with E-state index in [1.54, 1.807) is 20.3 Å². The molecule has 8 nitrogen and oxygen atoms in total. The lowest BCUT2D eigenvalue weighted by Crippen LogP contribution is -2.44. The third-order valence-electron chi connectivity index (χ3n) is 6.41. The molecular weight excluding hydrogens is 472 g/mol. The molecule has 4 heterocycles. The molecule has 0 aromatic heterocycles. The number of thioether (sulfide) groups is 1. The molecule has 32 heavy (non-hydrogen) atoms. The number of primary sulfonamides is 1. The van der Waals surface area contributed by atoms with Crippen molar-refractivity contribution in [2.24, 2.45) is 5.14 Å². The van der Waals surface area contributed by atoms with Crippen LogP contribution in [0.25, 0.3) is 0 Å². The normalized spacial score (nSPS) is 27.2. The topological polar surface area (TPSA) is 116 Å². The molecule has 11 heteroatoms. The van der Waals surface area contributed by atoms with Crippen molar-refractivity contribution in [2.75, 3.05) is 27.4 Å². The Kier molecular flexibility index (Phi) is 6.51. The summed E-state index contributed by atoms with van der Waals surface area (Å²) < 4.78 is 61.3. The molecule has 1 saturated heterocycles. The van der Waals surface area contributed by atoms with Gasteiger partial charge in [-0.1, -0.05) is 23.9 Å². The highest BCUT2D eigenvalue weighted by Gasteiger charge is 2.57. The fraction of sp³-hybridized carbons (Fsp3) is 0.524. The quantitative estimate of drug-likeness (QED) is 0.541. The molecule has 176 valence electrons. The Bertz CT molecular complexity index is 1160. The summed E-state index contributed by atoms with van der Waals surface area (Å²) in [6.07, 6.45) is 3.48. The maximum atomic E-state index is 13.6. The Labute approximate surface area is 193 Å². The minimum atomic E-state index is -4.05. The molecule has 2 N–H and O–H groups in total. The number of fused-ring (bicyclic) bond motifs is 2. The molecule has 1 aromatic rings. The van der Waals surface area contributed by atoms with Crippen LogP contribution in [0, 0.1) is 0 Å². The van der Waals surface area contributed by atoms with Gasteiger partial charge < -0.3 is 9.47 Å². The van der Waals surface area contributed by atoms with Crippen LogP contribution >= 0.6 is 11.8 Å². The molecule has 2 atom stereocenters. The largest absolute Gasteiger partial charge is 0.497 e. The smallest absolute Gasteiger partial charge is 0.244 e. The second-order valence-corrected chi connectivity index (χ2v) is 13.9. The number of nitrogens with zero attached hydrogens (tertiary/aromatic N) is 1. The highest BCUT2D eigenvalue weighted by molar-refractivity contribution is 8.28. The Morgan fingerprint density at radius 1 is 1.25 bits per heavy atom. The van der Waals surface area contributed by atoms with Crippen molar-refractivity contribution in [3.05, 3.63) is 50.0 Å². The van der Waals surface area contributed by atoms with E-state index < -0.39 is 24.6 Å². The van der Waals surface area contributed by atoms with Crippen LogP contribution in [-0.4, -0.2) is 59.9 Å². The molecule has 0 aliphatic carbocycles. The van der Waals surface area contributed by atoms with Gasteiger partial charge in [0.05, 0.1) is 11.9 Å². The Morgan fingerprint density at radius 3 is 2.59 bits per heavy atom. The number of sulfonamides is 1. The van der Waals surface area contributed by atoms with Gasteiger partial charge in [0, 0.05) is 32.8 Å². The molecular formula is C21H28N2O6S3. The van der Waals surface area contributed by atoms with Crippen molar-refractivity contribution in [1.29, 1.82) is 0 Å². The van der Waals surface area contributed by atoms with E-state index in [4.69, 9.17) is 14.6 Å². The average Bonchev–Trinajstić information content (AvgIpc) is 2.83. The summed E-state index contributed by atoms with van der Waals surface area (Å²) in [6.45, 7) is 1.50. The average molecular weight is 501 g/mol. The minimum absolute atomic E-state index is 0.0922. The first-order chi connectivity index (χ1) is 15.1. The van der Waals surface area contributed by atoms with Crippen molar-refractivity contribution in [3.63, 3.8) is 0 Å². The molecule has 1 aromatic carbocycles. The molecule has 4 bridgehead atoms. The molecule has 2 unspecified atom stereocenters. The van der Waals surface area contributed by atoms with Gasteiger partial charge in [-0.25, -0.2) is 22.0 Å². The first-order valence-corrected chi connectivity index (χ1v) is 14.2. The van der Waals surface area contributed by atoms with E-state index in [0.29, 0.717) is 45.4 Å². The summed E-state index contributed by atoms with van der Waals surface area (Å²) in [4.78, 5) is 2.15. The van der Waals surface area contributed by atoms with E-state index in [0.717, 1.165) is 28.6 Å². The van der Waals surface area contributed by atoms with Crippen LogP contribution in [0.3, 0.4) is 0 Å². The van der Waals surface area contributed by atoms with Gasteiger partial charge in [0.25, 0.3) is 0 Å². The molecule has 0 amide bonds. The lowest BCUT2D eigenvalue weighted by molar-refractivity contribution is 0.184. The van der Waals surface area contributed by atoms with Crippen LogP contribution in [-0.2, 0) is 31.1 Å². The number of hydrogen-bond acceptors (Lipinski definition) is 8. The number of sulfone groups is 1. The first kappa shape index (κ1) is 23.8. The van der Waals surface area contributed by atoms with E-state index in [-0.39, 0.29) is 14.5 Å². The van der Waals surface area contributed by atoms with Crippen LogP contribution in [0.15, 0.2) is 44.4 Å². The predicted molar refractivity (Wildman–Crippen MR) is 125 cm³/mol. The number of rotatable bonds is 8. The van der Waals surface area contributed by atoms with Crippen LogP contribution in [0.5, 0.6) is 5.75 Å². The predicted octanol–water partition coefficient (Wildman–Crippen LogP) is 2.34. The fourth-order valence-electron chi connectivity index (χ4n) is 4.85. The van der Waals surface area contributed by atoms with Crippen molar-refractivity contribution in [3.8, 4) is 5.75 Å². The third kappa shape index (κ3) is 4.26. The van der Waals surface area contributed by atoms with Crippen molar-refractivity contribution < 1.29 is 26.3 Å². The highest BCUT2D eigenvalue weighted by Crippen LogP contribution is 2.56. The summed E-state index contributed by atoms with van der Waals surface area (Å²) >= 11 is 0.801. The summed E-state index contributed by atoms with van der Waals surface area (Å²) in [7, 11) is -4.52. The van der Waals surface area contributed by atoms with Crippen molar-refractivity contribution in [1.82, 2.24) is 4.90 Å². The molecule has 1 fully saturated rings. The standard InChI is InChI=1S/C21H28N2O6S3/c1-28-9-3-8-21-11-16-14-23(13-15-4-6-18(29-2)7-5-15)17(12-21)10-19(32(22,26)27)30-20(16)31(21,24)25/h4-7,10,17H,3,8-9,11-14H2,1-2H3,(H2,22,26,27). The summed E-state index contributed by atoms with van der Waals surface area (Å²) in [6, 6.07) is 7.30. The van der Waals surface area contributed by atoms with Gasteiger partial charge in [0.15, 0.2) is 9.84 Å². The van der Waals surface area contributed by atoms with Crippen molar-refractivity contribution in [2.45, 2.75) is 43.0 Å².